The van der Waals surface area contributed by atoms with E-state index in [-0.39, 0.29) is 5.78 Å². The minimum absolute atomic E-state index is 0.193. The molecule has 0 N–H and O–H groups in total. The van der Waals surface area contributed by atoms with Gasteiger partial charge in [-0.05, 0) is 34.7 Å². The molecule has 0 saturated heterocycles. The first kappa shape index (κ1) is 13.4. The zero-order valence-corrected chi connectivity index (χ0v) is 12.8. The Morgan fingerprint density at radius 1 is 1.10 bits per heavy atom. The van der Waals surface area contributed by atoms with Gasteiger partial charge < -0.3 is 0 Å². The Labute approximate surface area is 126 Å². The van der Waals surface area contributed by atoms with Gasteiger partial charge in [-0.1, -0.05) is 36.4 Å². The van der Waals surface area contributed by atoms with E-state index in [4.69, 9.17) is 0 Å². The molecule has 1 heterocycles. The van der Waals surface area contributed by atoms with E-state index in [1.54, 1.807) is 23.1 Å². The number of hydrogen-bond donors (Lipinski definition) is 0. The Morgan fingerprint density at radius 2 is 1.85 bits per heavy atom. The molecule has 0 amide bonds. The van der Waals surface area contributed by atoms with Crippen molar-refractivity contribution >= 4 is 39.0 Å². The van der Waals surface area contributed by atoms with Crippen LogP contribution >= 0.6 is 23.1 Å². The zero-order chi connectivity index (χ0) is 13.9. The van der Waals surface area contributed by atoms with Crippen LogP contribution in [0.15, 0.2) is 58.8 Å². The Hall–Kier alpha value is -1.58. The monoisotopic (exact) mass is 298 g/mol. The first-order valence-electron chi connectivity index (χ1n) is 6.41. The van der Waals surface area contributed by atoms with Gasteiger partial charge in [-0.2, -0.15) is 0 Å². The van der Waals surface area contributed by atoms with Crippen LogP contribution in [0.5, 0.6) is 0 Å². The number of thiophene rings is 1. The van der Waals surface area contributed by atoms with E-state index >= 15 is 0 Å². The highest BCUT2D eigenvalue weighted by Crippen LogP contribution is 2.28. The number of hydrogen-bond acceptors (Lipinski definition) is 3. The Bertz CT molecular complexity index is 758. The second kappa shape index (κ2) is 5.81. The van der Waals surface area contributed by atoms with Crippen molar-refractivity contribution < 1.29 is 4.79 Å². The fourth-order valence-electron chi connectivity index (χ4n) is 2.31. The summed E-state index contributed by atoms with van der Waals surface area (Å²) >= 11 is 3.33. The van der Waals surface area contributed by atoms with E-state index in [0.29, 0.717) is 6.42 Å². The average Bonchev–Trinajstić information content (AvgIpc) is 2.90. The molecular weight excluding hydrogens is 284 g/mol. The molecule has 0 aliphatic carbocycles. The number of carbonyl (C=O) groups is 1. The maximum Gasteiger partial charge on any atom is 0.168 e. The molecule has 0 fully saturated rings. The quantitative estimate of drug-likeness (QED) is 0.495. The number of thioether (sulfide) groups is 1. The molecule has 0 bridgehead atoms. The van der Waals surface area contributed by atoms with Gasteiger partial charge in [-0.3, -0.25) is 4.79 Å². The maximum atomic E-state index is 12.5. The highest BCUT2D eigenvalue weighted by molar-refractivity contribution is 7.98. The largest absolute Gasteiger partial charge is 0.294 e. The van der Waals surface area contributed by atoms with E-state index < -0.39 is 0 Å². The van der Waals surface area contributed by atoms with Crippen LogP contribution in [0.1, 0.15) is 15.9 Å². The van der Waals surface area contributed by atoms with Crippen LogP contribution in [0.3, 0.4) is 0 Å². The van der Waals surface area contributed by atoms with Crippen LogP contribution in [0, 0.1) is 0 Å². The summed E-state index contributed by atoms with van der Waals surface area (Å²) in [6, 6.07) is 16.1. The van der Waals surface area contributed by atoms with Gasteiger partial charge in [0.25, 0.3) is 0 Å². The lowest BCUT2D eigenvalue weighted by Crippen LogP contribution is -2.04. The first-order chi connectivity index (χ1) is 9.79. The van der Waals surface area contributed by atoms with Gasteiger partial charge >= 0.3 is 0 Å². The molecule has 3 heteroatoms. The topological polar surface area (TPSA) is 17.1 Å². The second-order valence-electron chi connectivity index (χ2n) is 4.56. The van der Waals surface area contributed by atoms with Crippen LogP contribution in [0.4, 0.5) is 0 Å². The lowest BCUT2D eigenvalue weighted by molar-refractivity contribution is 0.0990. The third-order valence-corrected chi connectivity index (χ3v) is 5.13. The van der Waals surface area contributed by atoms with E-state index in [1.165, 1.54) is 10.1 Å². The molecule has 0 atom stereocenters. The standard InChI is InChI=1S/C17H14OS2/c1-19-16-8-4-3-7-14(16)15(18)10-12-11-20-17-9-5-2-6-13(12)17/h2-9,11H,10H2,1H3. The molecule has 0 saturated carbocycles. The number of ketones is 1. The molecule has 1 aromatic heterocycles. The summed E-state index contributed by atoms with van der Waals surface area (Å²) in [6.07, 6.45) is 2.48. The molecule has 20 heavy (non-hydrogen) atoms. The average molecular weight is 298 g/mol. The molecule has 0 aliphatic heterocycles. The number of rotatable bonds is 4. The first-order valence-corrected chi connectivity index (χ1v) is 8.51. The predicted octanol–water partition coefficient (Wildman–Crippen LogP) is 5.05. The summed E-state index contributed by atoms with van der Waals surface area (Å²) in [7, 11) is 0. The highest BCUT2D eigenvalue weighted by atomic mass is 32.2. The molecule has 0 unspecified atom stereocenters. The highest BCUT2D eigenvalue weighted by Gasteiger charge is 2.13. The van der Waals surface area contributed by atoms with Gasteiger partial charge in [0.15, 0.2) is 5.78 Å². The number of fused-ring (bicyclic) bond motifs is 1. The van der Waals surface area contributed by atoms with Crippen LogP contribution in [-0.2, 0) is 6.42 Å². The number of benzene rings is 2. The molecule has 0 aliphatic rings. The summed E-state index contributed by atoms with van der Waals surface area (Å²) in [5.41, 5.74) is 1.96. The van der Waals surface area contributed by atoms with Crippen molar-refractivity contribution in [1.82, 2.24) is 0 Å². The smallest absolute Gasteiger partial charge is 0.168 e. The fourth-order valence-corrected chi connectivity index (χ4v) is 3.89. The van der Waals surface area contributed by atoms with E-state index in [1.807, 2.05) is 42.7 Å². The Kier molecular flexibility index (Phi) is 3.90. The molecule has 100 valence electrons. The minimum atomic E-state index is 0.193. The second-order valence-corrected chi connectivity index (χ2v) is 6.32. The predicted molar refractivity (Wildman–Crippen MR) is 88.1 cm³/mol. The summed E-state index contributed by atoms with van der Waals surface area (Å²) in [5, 5.41) is 3.30. The number of Topliss-reactive ketones (excluding diaryl/α,β-unsaturated/α-hetero) is 1. The third kappa shape index (κ3) is 2.51. The Balaban J connectivity index is 1.93. The summed E-state index contributed by atoms with van der Waals surface area (Å²) in [4.78, 5) is 13.6. The van der Waals surface area contributed by atoms with Crippen molar-refractivity contribution in [3.05, 3.63) is 65.0 Å². The molecule has 3 aromatic rings. The van der Waals surface area contributed by atoms with Crippen molar-refractivity contribution in [2.45, 2.75) is 11.3 Å². The van der Waals surface area contributed by atoms with Crippen molar-refractivity contribution in [3.63, 3.8) is 0 Å². The van der Waals surface area contributed by atoms with Gasteiger partial charge in [0.2, 0.25) is 0 Å². The zero-order valence-electron chi connectivity index (χ0n) is 11.1. The molecule has 3 rings (SSSR count). The van der Waals surface area contributed by atoms with Gasteiger partial charge in [0.05, 0.1) is 0 Å². The third-order valence-electron chi connectivity index (χ3n) is 3.32. The molecule has 0 radical (unpaired) electrons. The van der Waals surface area contributed by atoms with Crippen molar-refractivity contribution in [2.24, 2.45) is 0 Å². The van der Waals surface area contributed by atoms with Gasteiger partial charge in [-0.25, -0.2) is 0 Å². The summed E-state index contributed by atoms with van der Waals surface area (Å²) < 4.78 is 1.24. The molecule has 0 spiro atoms. The van der Waals surface area contributed by atoms with Crippen LogP contribution < -0.4 is 0 Å². The van der Waals surface area contributed by atoms with E-state index in [0.717, 1.165) is 16.0 Å². The Morgan fingerprint density at radius 3 is 2.70 bits per heavy atom. The molecule has 2 aromatic carbocycles. The lowest BCUT2D eigenvalue weighted by atomic mass is 10.0. The SMILES string of the molecule is CSc1ccccc1C(=O)Cc1csc2ccccc12. The number of carbonyl (C=O) groups excluding carboxylic acids is 1. The van der Waals surface area contributed by atoms with Crippen LogP contribution in [-0.4, -0.2) is 12.0 Å². The van der Waals surface area contributed by atoms with Gasteiger partial charge in [0.1, 0.15) is 0 Å². The molecular formula is C17H14OS2. The summed E-state index contributed by atoms with van der Waals surface area (Å²) in [6.45, 7) is 0. The normalized spacial score (nSPS) is 10.8. The van der Waals surface area contributed by atoms with E-state index in [2.05, 4.69) is 17.5 Å². The fraction of sp³-hybridized carbons (Fsp3) is 0.118. The minimum Gasteiger partial charge on any atom is -0.294 e. The lowest BCUT2D eigenvalue weighted by Gasteiger charge is -2.05. The van der Waals surface area contributed by atoms with E-state index in [9.17, 15) is 4.79 Å². The van der Waals surface area contributed by atoms with Crippen molar-refractivity contribution in [2.75, 3.05) is 6.26 Å². The maximum absolute atomic E-state index is 12.5. The van der Waals surface area contributed by atoms with Crippen molar-refractivity contribution in [1.29, 1.82) is 0 Å². The van der Waals surface area contributed by atoms with Crippen LogP contribution in [0.2, 0.25) is 0 Å². The summed E-state index contributed by atoms with van der Waals surface area (Å²) in [5.74, 6) is 0.193. The van der Waals surface area contributed by atoms with Gasteiger partial charge in [0, 0.05) is 21.6 Å². The van der Waals surface area contributed by atoms with Crippen LogP contribution in [0.25, 0.3) is 10.1 Å². The van der Waals surface area contributed by atoms with Crippen molar-refractivity contribution in [3.8, 4) is 0 Å². The van der Waals surface area contributed by atoms with Gasteiger partial charge in [-0.15, -0.1) is 23.1 Å². The molecule has 1 nitrogen and oxygen atoms in total.